The number of piperidine rings is 1. The second-order valence-corrected chi connectivity index (χ2v) is 4.17. The standard InChI is InChI=1S/C10H18N4O.2ClH/c1-14-6-2-3-8(7-14)10-13-12-9(15-10)4-5-11;;/h8H,2-7,11H2,1H3;2*1H. The predicted molar refractivity (Wildman–Crippen MR) is 71.0 cm³/mol. The third-order valence-electron chi connectivity index (χ3n) is 2.81. The Morgan fingerprint density at radius 2 is 2.18 bits per heavy atom. The lowest BCUT2D eigenvalue weighted by Gasteiger charge is -2.27. The molecule has 1 aliphatic rings. The van der Waals surface area contributed by atoms with E-state index in [-0.39, 0.29) is 24.8 Å². The van der Waals surface area contributed by atoms with Crippen LogP contribution in [0.2, 0.25) is 0 Å². The van der Waals surface area contributed by atoms with Crippen LogP contribution in [0.1, 0.15) is 30.5 Å². The van der Waals surface area contributed by atoms with E-state index >= 15 is 0 Å². The Morgan fingerprint density at radius 3 is 2.82 bits per heavy atom. The molecule has 1 atom stereocenters. The zero-order valence-corrected chi connectivity index (χ0v) is 11.6. The molecular weight excluding hydrogens is 263 g/mol. The van der Waals surface area contributed by atoms with Crippen LogP contribution >= 0.6 is 24.8 Å². The van der Waals surface area contributed by atoms with Crippen LogP contribution < -0.4 is 5.73 Å². The summed E-state index contributed by atoms with van der Waals surface area (Å²) in [5.74, 6) is 1.86. The number of hydrogen-bond donors (Lipinski definition) is 1. The van der Waals surface area contributed by atoms with Crippen LogP contribution in [0.15, 0.2) is 4.42 Å². The fourth-order valence-corrected chi connectivity index (χ4v) is 2.02. The van der Waals surface area contributed by atoms with Gasteiger partial charge in [0, 0.05) is 19.5 Å². The molecule has 0 aromatic carbocycles. The van der Waals surface area contributed by atoms with Crippen molar-refractivity contribution in [2.75, 3.05) is 26.7 Å². The highest BCUT2D eigenvalue weighted by atomic mass is 35.5. The number of likely N-dealkylation sites (tertiary alicyclic amines) is 1. The van der Waals surface area contributed by atoms with Gasteiger partial charge in [-0.2, -0.15) is 0 Å². The lowest BCUT2D eigenvalue weighted by molar-refractivity contribution is 0.228. The van der Waals surface area contributed by atoms with E-state index in [0.29, 0.717) is 24.8 Å². The third kappa shape index (κ3) is 4.43. The Kier molecular flexibility index (Phi) is 7.70. The first-order valence-electron chi connectivity index (χ1n) is 5.50. The monoisotopic (exact) mass is 282 g/mol. The third-order valence-corrected chi connectivity index (χ3v) is 2.81. The molecule has 0 bridgehead atoms. The number of rotatable bonds is 3. The number of aromatic nitrogens is 2. The zero-order valence-electron chi connectivity index (χ0n) is 9.96. The van der Waals surface area contributed by atoms with E-state index in [1.807, 2.05) is 0 Å². The van der Waals surface area contributed by atoms with Gasteiger partial charge < -0.3 is 15.1 Å². The highest BCUT2D eigenvalue weighted by Gasteiger charge is 2.23. The fraction of sp³-hybridized carbons (Fsp3) is 0.800. The van der Waals surface area contributed by atoms with Crippen LogP contribution in [0, 0.1) is 0 Å². The second-order valence-electron chi connectivity index (χ2n) is 4.17. The van der Waals surface area contributed by atoms with Crippen LogP contribution in [0.25, 0.3) is 0 Å². The second kappa shape index (κ2) is 7.87. The maximum absolute atomic E-state index is 5.58. The van der Waals surface area contributed by atoms with Gasteiger partial charge in [0.05, 0.1) is 5.92 Å². The molecule has 1 aromatic rings. The van der Waals surface area contributed by atoms with Crippen molar-refractivity contribution in [1.29, 1.82) is 0 Å². The normalized spacial score (nSPS) is 20.5. The maximum Gasteiger partial charge on any atom is 0.220 e. The minimum Gasteiger partial charge on any atom is -0.425 e. The minimum atomic E-state index is 0. The average molecular weight is 283 g/mol. The summed E-state index contributed by atoms with van der Waals surface area (Å²) in [4.78, 5) is 2.31. The van der Waals surface area contributed by atoms with E-state index in [4.69, 9.17) is 10.2 Å². The van der Waals surface area contributed by atoms with Crippen molar-refractivity contribution in [3.63, 3.8) is 0 Å². The van der Waals surface area contributed by atoms with Crippen LogP contribution in [-0.2, 0) is 6.42 Å². The van der Waals surface area contributed by atoms with Gasteiger partial charge in [0.1, 0.15) is 0 Å². The van der Waals surface area contributed by atoms with Crippen LogP contribution in [0.5, 0.6) is 0 Å². The Morgan fingerprint density at radius 1 is 1.41 bits per heavy atom. The van der Waals surface area contributed by atoms with E-state index in [1.54, 1.807) is 0 Å². The lowest BCUT2D eigenvalue weighted by Crippen LogP contribution is -2.30. The Bertz CT molecular complexity index is 321. The molecule has 1 fully saturated rings. The largest absolute Gasteiger partial charge is 0.425 e. The van der Waals surface area contributed by atoms with Crippen molar-refractivity contribution in [3.8, 4) is 0 Å². The molecule has 100 valence electrons. The van der Waals surface area contributed by atoms with Crippen molar-refractivity contribution >= 4 is 24.8 Å². The predicted octanol–water partition coefficient (Wildman–Crippen LogP) is 1.22. The molecule has 2 N–H and O–H groups in total. The average Bonchev–Trinajstić information content (AvgIpc) is 2.67. The highest BCUT2D eigenvalue weighted by Crippen LogP contribution is 2.24. The first kappa shape index (κ1) is 16.6. The van der Waals surface area contributed by atoms with Crippen LogP contribution in [0.3, 0.4) is 0 Å². The zero-order chi connectivity index (χ0) is 10.7. The molecule has 0 saturated carbocycles. The molecule has 2 heterocycles. The van der Waals surface area contributed by atoms with Gasteiger partial charge in [-0.1, -0.05) is 0 Å². The van der Waals surface area contributed by atoms with Gasteiger partial charge in [-0.05, 0) is 26.4 Å². The highest BCUT2D eigenvalue weighted by molar-refractivity contribution is 5.85. The number of likely N-dealkylation sites (N-methyl/N-ethyl adjacent to an activating group) is 1. The smallest absolute Gasteiger partial charge is 0.220 e. The number of hydrogen-bond acceptors (Lipinski definition) is 5. The van der Waals surface area contributed by atoms with Crippen molar-refractivity contribution in [2.24, 2.45) is 5.73 Å². The Hall–Kier alpha value is -0.360. The molecule has 1 unspecified atom stereocenters. The quantitative estimate of drug-likeness (QED) is 0.903. The van der Waals surface area contributed by atoms with Crippen LogP contribution in [0.4, 0.5) is 0 Å². The summed E-state index contributed by atoms with van der Waals surface area (Å²) in [7, 11) is 2.13. The molecule has 7 heteroatoms. The van der Waals surface area contributed by atoms with Gasteiger partial charge >= 0.3 is 0 Å². The molecule has 5 nitrogen and oxygen atoms in total. The van der Waals surface area contributed by atoms with Crippen molar-refractivity contribution in [3.05, 3.63) is 11.8 Å². The van der Waals surface area contributed by atoms with Gasteiger partial charge in [-0.15, -0.1) is 35.0 Å². The first-order valence-corrected chi connectivity index (χ1v) is 5.50. The van der Waals surface area contributed by atoms with Crippen molar-refractivity contribution in [1.82, 2.24) is 15.1 Å². The molecule has 1 aliphatic heterocycles. The molecule has 1 aromatic heterocycles. The molecule has 0 spiro atoms. The van der Waals surface area contributed by atoms with E-state index in [2.05, 4.69) is 22.1 Å². The lowest BCUT2D eigenvalue weighted by atomic mass is 9.99. The van der Waals surface area contributed by atoms with Gasteiger partial charge in [-0.25, -0.2) is 0 Å². The van der Waals surface area contributed by atoms with Gasteiger partial charge in [0.2, 0.25) is 11.8 Å². The number of nitrogens with zero attached hydrogens (tertiary/aromatic N) is 3. The number of halogens is 2. The van der Waals surface area contributed by atoms with Crippen LogP contribution in [-0.4, -0.2) is 41.8 Å². The summed E-state index contributed by atoms with van der Waals surface area (Å²) in [5, 5.41) is 8.09. The first-order chi connectivity index (χ1) is 7.29. The summed E-state index contributed by atoms with van der Waals surface area (Å²) in [6, 6.07) is 0. The number of nitrogens with two attached hydrogens (primary N) is 1. The molecule has 0 aliphatic carbocycles. The Balaban J connectivity index is 0.00000128. The SMILES string of the molecule is CN1CCCC(c2nnc(CCN)o2)C1.Cl.Cl. The minimum absolute atomic E-state index is 0. The summed E-state index contributed by atoms with van der Waals surface area (Å²) in [6.45, 7) is 2.75. The van der Waals surface area contributed by atoms with E-state index in [9.17, 15) is 0 Å². The van der Waals surface area contributed by atoms with Gasteiger partial charge in [0.15, 0.2) is 0 Å². The summed E-state index contributed by atoms with van der Waals surface area (Å²) >= 11 is 0. The van der Waals surface area contributed by atoms with E-state index in [0.717, 1.165) is 18.9 Å². The van der Waals surface area contributed by atoms with E-state index < -0.39 is 0 Å². The Labute approximate surface area is 114 Å². The molecule has 1 saturated heterocycles. The molecule has 2 rings (SSSR count). The van der Waals surface area contributed by atoms with Crippen molar-refractivity contribution < 1.29 is 4.42 Å². The topological polar surface area (TPSA) is 68.2 Å². The van der Waals surface area contributed by atoms with Gasteiger partial charge in [0.25, 0.3) is 0 Å². The maximum atomic E-state index is 5.58. The van der Waals surface area contributed by atoms with Gasteiger partial charge in [-0.3, -0.25) is 0 Å². The molecule has 0 amide bonds. The molecule has 17 heavy (non-hydrogen) atoms. The van der Waals surface area contributed by atoms with E-state index in [1.165, 1.54) is 13.0 Å². The fourth-order valence-electron chi connectivity index (χ4n) is 2.02. The summed E-state index contributed by atoms with van der Waals surface area (Å²) in [5.41, 5.74) is 5.43. The molecular formula is C10H20Cl2N4O. The van der Waals surface area contributed by atoms with Crippen molar-refractivity contribution in [2.45, 2.75) is 25.2 Å². The summed E-state index contributed by atoms with van der Waals surface area (Å²) < 4.78 is 5.58. The molecule has 0 radical (unpaired) electrons. The summed E-state index contributed by atoms with van der Waals surface area (Å²) in [6.07, 6.45) is 3.03.